The molecule has 0 saturated heterocycles. The van der Waals surface area contributed by atoms with Gasteiger partial charge in [0.1, 0.15) is 5.58 Å². The van der Waals surface area contributed by atoms with Crippen LogP contribution in [0.1, 0.15) is 52.8 Å². The van der Waals surface area contributed by atoms with Crippen molar-refractivity contribution in [3.8, 4) is 0 Å². The maximum atomic E-state index is 12.5. The minimum atomic E-state index is -0.805. The van der Waals surface area contributed by atoms with Gasteiger partial charge in [-0.15, -0.1) is 0 Å². The zero-order valence-electron chi connectivity index (χ0n) is 18.0. The van der Waals surface area contributed by atoms with Gasteiger partial charge >= 0.3 is 5.97 Å². The molecule has 7 nitrogen and oxygen atoms in total. The number of fused-ring (bicyclic) bond motifs is 1. The van der Waals surface area contributed by atoms with Crippen LogP contribution in [0.15, 0.2) is 52.9 Å². The molecule has 0 spiro atoms. The van der Waals surface area contributed by atoms with Crippen LogP contribution in [0.5, 0.6) is 0 Å². The first kappa shape index (κ1) is 22.2. The van der Waals surface area contributed by atoms with Crippen molar-refractivity contribution in [1.82, 2.24) is 5.32 Å². The Balaban J connectivity index is 1.62. The van der Waals surface area contributed by atoms with Crippen LogP contribution in [0.25, 0.3) is 11.0 Å². The highest BCUT2D eigenvalue weighted by Crippen LogP contribution is 2.27. The molecular weight excluding hydrogens is 398 g/mol. The predicted octanol–water partition coefficient (Wildman–Crippen LogP) is 3.99. The van der Waals surface area contributed by atoms with Crippen molar-refractivity contribution >= 4 is 28.8 Å². The highest BCUT2D eigenvalue weighted by molar-refractivity contribution is 6.05. The van der Waals surface area contributed by atoms with Crippen LogP contribution in [0, 0.1) is 0 Å². The summed E-state index contributed by atoms with van der Waals surface area (Å²) >= 11 is 0. The van der Waals surface area contributed by atoms with Gasteiger partial charge < -0.3 is 13.9 Å². The van der Waals surface area contributed by atoms with Crippen LogP contribution in [-0.2, 0) is 26.3 Å². The Labute approximate surface area is 180 Å². The molecule has 0 atom stereocenters. The molecule has 0 fully saturated rings. The number of methoxy groups -OCH3 is 1. The lowest BCUT2D eigenvalue weighted by Crippen LogP contribution is -2.34. The quantitative estimate of drug-likeness (QED) is 0.603. The van der Waals surface area contributed by atoms with Gasteiger partial charge in [0.2, 0.25) is 5.76 Å². The van der Waals surface area contributed by atoms with E-state index in [1.54, 1.807) is 30.3 Å². The third kappa shape index (κ3) is 5.19. The highest BCUT2D eigenvalue weighted by Gasteiger charge is 2.23. The molecule has 7 heteroatoms. The molecule has 0 aliphatic carbocycles. The number of para-hydroxylation sites is 1. The molecule has 31 heavy (non-hydrogen) atoms. The number of hydrogen-bond donors (Lipinski definition) is 1. The molecule has 1 heterocycles. The minimum Gasteiger partial charge on any atom is -0.450 e. The molecule has 0 radical (unpaired) electrons. The van der Waals surface area contributed by atoms with Crippen LogP contribution in [0.4, 0.5) is 0 Å². The molecule has 2 aromatic carbocycles. The van der Waals surface area contributed by atoms with Crippen LogP contribution in [-0.4, -0.2) is 31.5 Å². The van der Waals surface area contributed by atoms with E-state index in [9.17, 15) is 14.4 Å². The first-order valence-corrected chi connectivity index (χ1v) is 9.82. The number of carbonyl (C=O) groups is 3. The van der Waals surface area contributed by atoms with Crippen molar-refractivity contribution in [3.05, 3.63) is 71.0 Å². The highest BCUT2D eigenvalue weighted by atomic mass is 16.5. The molecule has 0 aliphatic rings. The number of ether oxygens (including phenoxy) is 2. The number of benzene rings is 2. The standard InChI is InChI=1S/C24H25NO6/c1-24(2,3)16-11-9-15(10-12-16)22(27)25-20(26)14-30-23(28)21-18(13-29-4)17-7-5-6-8-19(17)31-21/h5-12H,13-14H2,1-4H3,(H,25,26,27). The summed E-state index contributed by atoms with van der Waals surface area (Å²) in [4.78, 5) is 36.9. The molecule has 2 amide bonds. The van der Waals surface area contributed by atoms with Gasteiger partial charge in [-0.25, -0.2) is 4.79 Å². The fourth-order valence-electron chi connectivity index (χ4n) is 3.10. The van der Waals surface area contributed by atoms with Gasteiger partial charge in [0.05, 0.1) is 6.61 Å². The Morgan fingerprint density at radius 1 is 1.00 bits per heavy atom. The number of hydrogen-bond acceptors (Lipinski definition) is 6. The second-order valence-corrected chi connectivity index (χ2v) is 8.12. The number of rotatable bonds is 6. The second-order valence-electron chi connectivity index (χ2n) is 8.12. The number of imide groups is 1. The fraction of sp³-hybridized carbons (Fsp3) is 0.292. The molecule has 162 valence electrons. The Bertz CT molecular complexity index is 1110. The van der Waals surface area contributed by atoms with Crippen LogP contribution in [0.2, 0.25) is 0 Å². The van der Waals surface area contributed by atoms with Crippen molar-refractivity contribution in [2.75, 3.05) is 13.7 Å². The third-order valence-electron chi connectivity index (χ3n) is 4.77. The summed E-state index contributed by atoms with van der Waals surface area (Å²) < 4.78 is 15.8. The average molecular weight is 423 g/mol. The van der Waals surface area contributed by atoms with Crippen molar-refractivity contribution in [3.63, 3.8) is 0 Å². The van der Waals surface area contributed by atoms with Crippen molar-refractivity contribution in [2.45, 2.75) is 32.8 Å². The van der Waals surface area contributed by atoms with Crippen LogP contribution >= 0.6 is 0 Å². The van der Waals surface area contributed by atoms with Gasteiger partial charge in [-0.2, -0.15) is 0 Å². The maximum Gasteiger partial charge on any atom is 0.375 e. The molecule has 3 aromatic rings. The number of esters is 1. The average Bonchev–Trinajstić information content (AvgIpc) is 3.10. The van der Waals surface area contributed by atoms with Crippen molar-refractivity contribution in [1.29, 1.82) is 0 Å². The lowest BCUT2D eigenvalue weighted by molar-refractivity contribution is -0.123. The van der Waals surface area contributed by atoms with Crippen LogP contribution in [0.3, 0.4) is 0 Å². The normalized spacial score (nSPS) is 11.4. The Morgan fingerprint density at radius 2 is 1.68 bits per heavy atom. The van der Waals surface area contributed by atoms with Crippen molar-refractivity contribution in [2.24, 2.45) is 0 Å². The Kier molecular flexibility index (Phi) is 6.56. The summed E-state index contributed by atoms with van der Waals surface area (Å²) in [6, 6.07) is 14.1. The van der Waals surface area contributed by atoms with Gasteiger partial charge in [0.25, 0.3) is 11.8 Å². The zero-order chi connectivity index (χ0) is 22.6. The lowest BCUT2D eigenvalue weighted by atomic mass is 9.87. The van der Waals surface area contributed by atoms with E-state index in [1.807, 2.05) is 18.2 Å². The number of nitrogens with one attached hydrogen (secondary N) is 1. The number of amides is 2. The zero-order valence-corrected chi connectivity index (χ0v) is 18.0. The summed E-state index contributed by atoms with van der Waals surface area (Å²) in [7, 11) is 1.50. The molecule has 1 N–H and O–H groups in total. The van der Waals surface area contributed by atoms with E-state index in [1.165, 1.54) is 7.11 Å². The van der Waals surface area contributed by atoms with E-state index >= 15 is 0 Å². The minimum absolute atomic E-state index is 0.0278. The Morgan fingerprint density at radius 3 is 2.32 bits per heavy atom. The Hall–Kier alpha value is -3.45. The fourth-order valence-corrected chi connectivity index (χ4v) is 3.10. The van der Waals surface area contributed by atoms with E-state index in [0.29, 0.717) is 16.7 Å². The topological polar surface area (TPSA) is 94.8 Å². The van der Waals surface area contributed by atoms with Gasteiger partial charge in [-0.05, 0) is 29.2 Å². The summed E-state index contributed by atoms with van der Waals surface area (Å²) in [6.45, 7) is 5.74. The molecule has 0 saturated carbocycles. The monoisotopic (exact) mass is 423 g/mol. The van der Waals surface area contributed by atoms with E-state index in [0.717, 1.165) is 10.9 Å². The molecule has 0 aliphatic heterocycles. The lowest BCUT2D eigenvalue weighted by Gasteiger charge is -2.18. The maximum absolute atomic E-state index is 12.5. The van der Waals surface area contributed by atoms with E-state index in [2.05, 4.69) is 26.1 Å². The van der Waals surface area contributed by atoms with Crippen molar-refractivity contribution < 1.29 is 28.3 Å². The number of furan rings is 1. The first-order chi connectivity index (χ1) is 14.7. The van der Waals surface area contributed by atoms with Gasteiger partial charge in [-0.3, -0.25) is 14.9 Å². The SMILES string of the molecule is COCc1c(C(=O)OCC(=O)NC(=O)c2ccc(C(C)(C)C)cc2)oc2ccccc12. The third-order valence-corrected chi connectivity index (χ3v) is 4.77. The van der Waals surface area contributed by atoms with E-state index in [4.69, 9.17) is 13.9 Å². The first-order valence-electron chi connectivity index (χ1n) is 9.82. The number of carbonyl (C=O) groups excluding carboxylic acids is 3. The molecular formula is C24H25NO6. The van der Waals surface area contributed by atoms with Gasteiger partial charge in [0.15, 0.2) is 6.61 Å². The van der Waals surface area contributed by atoms with Gasteiger partial charge in [0, 0.05) is 23.6 Å². The van der Waals surface area contributed by atoms with Crippen LogP contribution < -0.4 is 5.32 Å². The largest absolute Gasteiger partial charge is 0.450 e. The summed E-state index contributed by atoms with van der Waals surface area (Å²) in [5.74, 6) is -2.13. The van der Waals surface area contributed by atoms with E-state index in [-0.39, 0.29) is 17.8 Å². The van der Waals surface area contributed by atoms with Gasteiger partial charge in [-0.1, -0.05) is 51.1 Å². The summed E-state index contributed by atoms with van der Waals surface area (Å²) in [5.41, 5.74) is 2.42. The second kappa shape index (κ2) is 9.14. The summed E-state index contributed by atoms with van der Waals surface area (Å²) in [6.07, 6.45) is 0. The summed E-state index contributed by atoms with van der Waals surface area (Å²) in [5, 5.41) is 2.95. The molecule has 0 bridgehead atoms. The van der Waals surface area contributed by atoms with E-state index < -0.39 is 24.4 Å². The molecule has 1 aromatic heterocycles. The molecule has 3 rings (SSSR count). The predicted molar refractivity (Wildman–Crippen MR) is 115 cm³/mol. The molecule has 0 unspecified atom stereocenters. The smallest absolute Gasteiger partial charge is 0.375 e.